The van der Waals surface area contributed by atoms with E-state index in [1.165, 1.54) is 23.3 Å². The Morgan fingerprint density at radius 3 is 3.06 bits per heavy atom. The highest BCUT2D eigenvalue weighted by Gasteiger charge is 2.25. The fourth-order valence-electron chi connectivity index (χ4n) is 2.33. The first-order valence-corrected chi connectivity index (χ1v) is 7.46. The minimum absolute atomic E-state index is 0.234. The normalized spacial score (nSPS) is 23.2. The second kappa shape index (κ2) is 5.70. The molecule has 0 aliphatic heterocycles. The van der Waals surface area contributed by atoms with E-state index in [-0.39, 0.29) is 12.5 Å². The second-order valence-corrected chi connectivity index (χ2v) is 6.76. The Kier molecular flexibility index (Phi) is 4.47. The molecule has 3 atom stereocenters. The first-order chi connectivity index (χ1) is 8.11. The molecule has 0 radical (unpaired) electrons. The van der Waals surface area contributed by atoms with Crippen LogP contribution in [-0.2, 0) is 6.42 Å². The number of aliphatic hydroxyl groups excluding tert-OH is 1. The number of rotatable bonds is 4. The molecule has 0 saturated heterocycles. The van der Waals surface area contributed by atoms with Crippen LogP contribution < -0.4 is 5.32 Å². The number of hydrogen-bond acceptors (Lipinski definition) is 3. The van der Waals surface area contributed by atoms with Crippen molar-refractivity contribution >= 4 is 22.9 Å². The molecular formula is C13H20ClNOS. The smallest absolute Gasteiger partial charge is 0.0934 e. The van der Waals surface area contributed by atoms with Crippen LogP contribution in [0.4, 0.5) is 0 Å². The number of aliphatic hydroxyl groups is 1. The lowest BCUT2D eigenvalue weighted by atomic mass is 9.92. The first-order valence-electron chi connectivity index (χ1n) is 6.26. The van der Waals surface area contributed by atoms with E-state index in [9.17, 15) is 5.11 Å². The topological polar surface area (TPSA) is 32.3 Å². The SMILES string of the molecule is CC(CO)C(C)NC1CCCc2sc(Cl)cc21. The van der Waals surface area contributed by atoms with Gasteiger partial charge in [0.2, 0.25) is 0 Å². The molecule has 1 aromatic rings. The predicted octanol–water partition coefficient (Wildman–Crippen LogP) is 3.39. The first kappa shape index (κ1) is 13.3. The van der Waals surface area contributed by atoms with Crippen LogP contribution in [-0.4, -0.2) is 17.8 Å². The zero-order valence-electron chi connectivity index (χ0n) is 10.4. The van der Waals surface area contributed by atoms with Crippen LogP contribution in [0.25, 0.3) is 0 Å². The lowest BCUT2D eigenvalue weighted by molar-refractivity contribution is 0.198. The molecule has 1 aliphatic rings. The van der Waals surface area contributed by atoms with Gasteiger partial charge in [0.15, 0.2) is 0 Å². The van der Waals surface area contributed by atoms with E-state index in [4.69, 9.17) is 11.6 Å². The zero-order valence-corrected chi connectivity index (χ0v) is 11.9. The van der Waals surface area contributed by atoms with Crippen LogP contribution in [0.5, 0.6) is 0 Å². The summed E-state index contributed by atoms with van der Waals surface area (Å²) in [5.41, 5.74) is 1.38. The summed E-state index contributed by atoms with van der Waals surface area (Å²) in [6, 6.07) is 2.84. The van der Waals surface area contributed by atoms with E-state index in [0.717, 1.165) is 10.8 Å². The number of aryl methyl sites for hydroxylation is 1. The fraction of sp³-hybridized carbons (Fsp3) is 0.692. The van der Waals surface area contributed by atoms with Gasteiger partial charge in [-0.2, -0.15) is 0 Å². The van der Waals surface area contributed by atoms with Gasteiger partial charge in [-0.1, -0.05) is 18.5 Å². The van der Waals surface area contributed by atoms with Gasteiger partial charge in [0.1, 0.15) is 0 Å². The molecule has 0 saturated carbocycles. The van der Waals surface area contributed by atoms with E-state index in [1.807, 2.05) is 0 Å². The molecule has 96 valence electrons. The van der Waals surface area contributed by atoms with Crippen molar-refractivity contribution in [2.75, 3.05) is 6.61 Å². The number of thiophene rings is 1. The Bertz CT molecular complexity index is 379. The van der Waals surface area contributed by atoms with Crippen molar-refractivity contribution in [1.29, 1.82) is 0 Å². The maximum Gasteiger partial charge on any atom is 0.0934 e. The molecule has 2 nitrogen and oxygen atoms in total. The molecule has 2 N–H and O–H groups in total. The van der Waals surface area contributed by atoms with Gasteiger partial charge in [-0.15, -0.1) is 11.3 Å². The van der Waals surface area contributed by atoms with Crippen LogP contribution >= 0.6 is 22.9 Å². The Balaban J connectivity index is 2.08. The van der Waals surface area contributed by atoms with Crippen molar-refractivity contribution in [2.24, 2.45) is 5.92 Å². The van der Waals surface area contributed by atoms with Crippen molar-refractivity contribution in [2.45, 2.75) is 45.2 Å². The van der Waals surface area contributed by atoms with Gasteiger partial charge in [0.25, 0.3) is 0 Å². The average molecular weight is 274 g/mol. The van der Waals surface area contributed by atoms with E-state index >= 15 is 0 Å². The maximum atomic E-state index is 9.17. The molecule has 1 aromatic heterocycles. The summed E-state index contributed by atoms with van der Waals surface area (Å²) in [6.07, 6.45) is 3.55. The van der Waals surface area contributed by atoms with Gasteiger partial charge < -0.3 is 10.4 Å². The third-order valence-electron chi connectivity index (χ3n) is 3.69. The second-order valence-electron chi connectivity index (χ2n) is 4.99. The summed E-state index contributed by atoms with van der Waals surface area (Å²) < 4.78 is 0.895. The summed E-state index contributed by atoms with van der Waals surface area (Å²) >= 11 is 7.80. The van der Waals surface area contributed by atoms with Gasteiger partial charge in [0, 0.05) is 23.6 Å². The van der Waals surface area contributed by atoms with Crippen molar-refractivity contribution in [3.63, 3.8) is 0 Å². The Morgan fingerprint density at radius 2 is 2.35 bits per heavy atom. The number of nitrogens with one attached hydrogen (secondary N) is 1. The molecule has 0 amide bonds. The van der Waals surface area contributed by atoms with Crippen molar-refractivity contribution in [3.05, 3.63) is 20.8 Å². The number of hydrogen-bond donors (Lipinski definition) is 2. The quantitative estimate of drug-likeness (QED) is 0.881. The zero-order chi connectivity index (χ0) is 12.4. The summed E-state index contributed by atoms with van der Waals surface area (Å²) in [5.74, 6) is 0.287. The maximum absolute atomic E-state index is 9.17. The summed E-state index contributed by atoms with van der Waals surface area (Å²) in [7, 11) is 0. The van der Waals surface area contributed by atoms with Crippen LogP contribution in [0.15, 0.2) is 6.07 Å². The van der Waals surface area contributed by atoms with Crippen molar-refractivity contribution in [1.82, 2.24) is 5.32 Å². The van der Waals surface area contributed by atoms with Crippen LogP contribution in [0, 0.1) is 5.92 Å². The summed E-state index contributed by atoms with van der Waals surface area (Å²) in [4.78, 5) is 1.43. The third kappa shape index (κ3) is 3.02. The molecule has 0 fully saturated rings. The third-order valence-corrected chi connectivity index (χ3v) is 5.03. The molecular weight excluding hydrogens is 254 g/mol. The van der Waals surface area contributed by atoms with E-state index in [2.05, 4.69) is 25.2 Å². The Hall–Kier alpha value is -0.0900. The molecule has 17 heavy (non-hydrogen) atoms. The van der Waals surface area contributed by atoms with Crippen molar-refractivity contribution in [3.8, 4) is 0 Å². The van der Waals surface area contributed by atoms with Crippen molar-refractivity contribution < 1.29 is 5.11 Å². The minimum atomic E-state index is 0.234. The van der Waals surface area contributed by atoms with Gasteiger partial charge in [-0.05, 0) is 43.7 Å². The highest BCUT2D eigenvalue weighted by atomic mass is 35.5. The molecule has 1 aliphatic carbocycles. The van der Waals surface area contributed by atoms with E-state index in [1.54, 1.807) is 11.3 Å². The summed E-state index contributed by atoms with van der Waals surface area (Å²) in [6.45, 7) is 4.45. The van der Waals surface area contributed by atoms with Gasteiger partial charge in [-0.25, -0.2) is 0 Å². The number of fused-ring (bicyclic) bond motifs is 1. The molecule has 0 spiro atoms. The van der Waals surface area contributed by atoms with Crippen LogP contribution in [0.2, 0.25) is 4.34 Å². The minimum Gasteiger partial charge on any atom is -0.396 e. The van der Waals surface area contributed by atoms with Gasteiger partial charge >= 0.3 is 0 Å². The van der Waals surface area contributed by atoms with E-state index in [0.29, 0.717) is 12.1 Å². The predicted molar refractivity (Wildman–Crippen MR) is 73.9 cm³/mol. The summed E-state index contributed by atoms with van der Waals surface area (Å²) in [5, 5.41) is 12.8. The van der Waals surface area contributed by atoms with Crippen LogP contribution in [0.1, 0.15) is 43.2 Å². The lowest BCUT2D eigenvalue weighted by Gasteiger charge is -2.29. The largest absolute Gasteiger partial charge is 0.396 e. The Morgan fingerprint density at radius 1 is 1.59 bits per heavy atom. The molecule has 1 heterocycles. The fourth-order valence-corrected chi connectivity index (χ4v) is 3.72. The van der Waals surface area contributed by atoms with Gasteiger partial charge in [-0.3, -0.25) is 0 Å². The highest BCUT2D eigenvalue weighted by Crippen LogP contribution is 2.38. The van der Waals surface area contributed by atoms with Gasteiger partial charge in [0.05, 0.1) is 4.34 Å². The average Bonchev–Trinajstić information content (AvgIpc) is 2.69. The molecule has 4 heteroatoms. The molecule has 0 aromatic carbocycles. The van der Waals surface area contributed by atoms with E-state index < -0.39 is 0 Å². The molecule has 3 unspecified atom stereocenters. The molecule has 2 rings (SSSR count). The monoisotopic (exact) mass is 273 g/mol. The number of halogens is 1. The van der Waals surface area contributed by atoms with Crippen LogP contribution in [0.3, 0.4) is 0 Å². The Labute approximate surface area is 112 Å². The standard InChI is InChI=1S/C13H20ClNOS/c1-8(7-16)9(2)15-11-4-3-5-12-10(11)6-13(14)17-12/h6,8-9,11,15-16H,3-5,7H2,1-2H3. The molecule has 0 bridgehead atoms. The highest BCUT2D eigenvalue weighted by molar-refractivity contribution is 7.16. The lowest BCUT2D eigenvalue weighted by Crippen LogP contribution is -2.37.